The van der Waals surface area contributed by atoms with Gasteiger partial charge in [-0.05, 0) is 66.8 Å². The molecule has 5 rings (SSSR count). The van der Waals surface area contributed by atoms with Crippen molar-refractivity contribution in [2.45, 2.75) is 30.6 Å². The molecule has 0 saturated heterocycles. The van der Waals surface area contributed by atoms with Gasteiger partial charge in [0.15, 0.2) is 5.65 Å². The molecule has 0 atom stereocenters. The molecule has 0 bridgehead atoms. The summed E-state index contributed by atoms with van der Waals surface area (Å²) in [6.07, 6.45) is 2.27. The number of pyridine rings is 1. The van der Waals surface area contributed by atoms with Gasteiger partial charge in [-0.2, -0.15) is 5.10 Å². The summed E-state index contributed by atoms with van der Waals surface area (Å²) >= 11 is 0. The van der Waals surface area contributed by atoms with E-state index < -0.39 is 10.0 Å². The van der Waals surface area contributed by atoms with Crippen LogP contribution in [0.1, 0.15) is 30.0 Å². The van der Waals surface area contributed by atoms with Gasteiger partial charge in [-0.1, -0.05) is 24.3 Å². The van der Waals surface area contributed by atoms with Crippen molar-refractivity contribution in [1.29, 1.82) is 0 Å². The molecule has 4 aromatic rings. The van der Waals surface area contributed by atoms with Gasteiger partial charge in [-0.3, -0.25) is 9.82 Å². The summed E-state index contributed by atoms with van der Waals surface area (Å²) < 4.78 is 28.0. The summed E-state index contributed by atoms with van der Waals surface area (Å²) in [6.45, 7) is 1.86. The van der Waals surface area contributed by atoms with Gasteiger partial charge >= 0.3 is 0 Å². The molecule has 0 spiro atoms. The van der Waals surface area contributed by atoms with Gasteiger partial charge in [-0.25, -0.2) is 13.4 Å². The number of hydrogen-bond donors (Lipinski definition) is 3. The van der Waals surface area contributed by atoms with E-state index in [1.54, 1.807) is 30.3 Å². The maximum atomic E-state index is 12.7. The van der Waals surface area contributed by atoms with Crippen LogP contribution in [-0.2, 0) is 10.0 Å². The third-order valence-electron chi connectivity index (χ3n) is 5.32. The molecule has 8 heteroatoms. The lowest BCUT2D eigenvalue weighted by molar-refractivity contribution is 0.601. The van der Waals surface area contributed by atoms with E-state index >= 15 is 0 Å². The molecule has 152 valence electrons. The van der Waals surface area contributed by atoms with Gasteiger partial charge in [0.2, 0.25) is 0 Å². The number of aryl methyl sites for hydroxylation is 1. The predicted octanol–water partition coefficient (Wildman–Crippen LogP) is 4.19. The Labute approximate surface area is 174 Å². The number of aromatic amines is 1. The molecule has 0 unspecified atom stereocenters. The number of nitrogens with zero attached hydrogens (tertiary/aromatic N) is 2. The highest BCUT2D eigenvalue weighted by Gasteiger charge is 2.27. The molecule has 1 aliphatic carbocycles. The first kappa shape index (κ1) is 18.6. The Morgan fingerprint density at radius 3 is 2.57 bits per heavy atom. The highest BCUT2D eigenvalue weighted by molar-refractivity contribution is 7.92. The van der Waals surface area contributed by atoms with Crippen molar-refractivity contribution in [3.63, 3.8) is 0 Å². The molecule has 1 aliphatic rings. The first-order chi connectivity index (χ1) is 14.4. The minimum Gasteiger partial charge on any atom is -0.383 e. The molecule has 0 amide bonds. The van der Waals surface area contributed by atoms with E-state index in [0.717, 1.165) is 40.6 Å². The fourth-order valence-electron chi connectivity index (χ4n) is 3.60. The topological polar surface area (TPSA) is 114 Å². The van der Waals surface area contributed by atoms with Gasteiger partial charge < -0.3 is 5.73 Å². The summed E-state index contributed by atoms with van der Waals surface area (Å²) in [7, 11) is -3.65. The van der Waals surface area contributed by atoms with Crippen molar-refractivity contribution in [3.8, 4) is 11.1 Å². The molecule has 0 radical (unpaired) electrons. The molecule has 2 heterocycles. The van der Waals surface area contributed by atoms with Crippen LogP contribution in [0.3, 0.4) is 0 Å². The monoisotopic (exact) mass is 419 g/mol. The summed E-state index contributed by atoms with van der Waals surface area (Å²) in [5.74, 6) is 0.950. The molecule has 2 aromatic carbocycles. The van der Waals surface area contributed by atoms with Crippen molar-refractivity contribution < 1.29 is 8.42 Å². The number of H-pyrrole nitrogens is 1. The van der Waals surface area contributed by atoms with Gasteiger partial charge in [0.05, 0.1) is 10.3 Å². The quantitative estimate of drug-likeness (QED) is 0.449. The number of sulfonamides is 1. The Hall–Kier alpha value is -3.39. The average molecular weight is 420 g/mol. The Balaban J connectivity index is 1.49. The Morgan fingerprint density at radius 2 is 1.87 bits per heavy atom. The lowest BCUT2D eigenvalue weighted by Crippen LogP contribution is -2.12. The van der Waals surface area contributed by atoms with E-state index in [-0.39, 0.29) is 4.90 Å². The zero-order valence-corrected chi connectivity index (χ0v) is 17.2. The molecule has 30 heavy (non-hydrogen) atoms. The number of fused-ring (bicyclic) bond motifs is 1. The first-order valence-corrected chi connectivity index (χ1v) is 11.2. The Morgan fingerprint density at radius 1 is 1.10 bits per heavy atom. The smallest absolute Gasteiger partial charge is 0.261 e. The van der Waals surface area contributed by atoms with Crippen LogP contribution in [-0.4, -0.2) is 23.6 Å². The van der Waals surface area contributed by atoms with Crippen LogP contribution in [0.2, 0.25) is 0 Å². The van der Waals surface area contributed by atoms with Crippen molar-refractivity contribution in [2.24, 2.45) is 0 Å². The Kier molecular flexibility index (Phi) is 4.25. The SMILES string of the molecule is Cc1cccc(S(=O)(=O)Nc2ccc(-c3cc(C4CC4)nc4n[nH]c(N)c34)cc2)c1. The van der Waals surface area contributed by atoms with E-state index in [4.69, 9.17) is 5.73 Å². The van der Waals surface area contributed by atoms with Crippen molar-refractivity contribution in [2.75, 3.05) is 10.5 Å². The molecular weight excluding hydrogens is 398 g/mol. The Bertz CT molecular complexity index is 1360. The van der Waals surface area contributed by atoms with Crippen LogP contribution < -0.4 is 10.5 Å². The molecule has 0 aliphatic heterocycles. The molecule has 1 saturated carbocycles. The van der Waals surface area contributed by atoms with E-state index in [9.17, 15) is 8.42 Å². The van der Waals surface area contributed by atoms with Crippen LogP contribution in [0.15, 0.2) is 59.5 Å². The minimum atomic E-state index is -3.65. The third-order valence-corrected chi connectivity index (χ3v) is 6.69. The number of anilines is 2. The summed E-state index contributed by atoms with van der Waals surface area (Å²) in [6, 6.07) is 16.2. The zero-order valence-electron chi connectivity index (χ0n) is 16.4. The second-order valence-corrected chi connectivity index (χ2v) is 9.39. The van der Waals surface area contributed by atoms with Gasteiger partial charge in [0.1, 0.15) is 5.82 Å². The molecule has 2 aromatic heterocycles. The minimum absolute atomic E-state index is 0.239. The maximum Gasteiger partial charge on any atom is 0.261 e. The van der Waals surface area contributed by atoms with Crippen LogP contribution >= 0.6 is 0 Å². The van der Waals surface area contributed by atoms with Crippen molar-refractivity contribution in [1.82, 2.24) is 15.2 Å². The highest BCUT2D eigenvalue weighted by Crippen LogP contribution is 2.42. The highest BCUT2D eigenvalue weighted by atomic mass is 32.2. The van der Waals surface area contributed by atoms with Crippen LogP contribution in [0.5, 0.6) is 0 Å². The summed E-state index contributed by atoms with van der Waals surface area (Å²) in [5, 5.41) is 7.83. The fourth-order valence-corrected chi connectivity index (χ4v) is 4.76. The van der Waals surface area contributed by atoms with E-state index in [0.29, 0.717) is 23.1 Å². The van der Waals surface area contributed by atoms with E-state index in [1.165, 1.54) is 0 Å². The molecule has 1 fully saturated rings. The first-order valence-electron chi connectivity index (χ1n) is 9.75. The van der Waals surface area contributed by atoms with Crippen LogP contribution in [0.25, 0.3) is 22.2 Å². The van der Waals surface area contributed by atoms with E-state index in [2.05, 4.69) is 26.0 Å². The van der Waals surface area contributed by atoms with Gasteiger partial charge in [-0.15, -0.1) is 0 Å². The van der Waals surface area contributed by atoms with Gasteiger partial charge in [0, 0.05) is 17.3 Å². The number of aromatic nitrogens is 3. The molecule has 7 nitrogen and oxygen atoms in total. The number of nitrogens with one attached hydrogen (secondary N) is 2. The number of nitrogen functional groups attached to an aromatic ring is 1. The van der Waals surface area contributed by atoms with Crippen molar-refractivity contribution in [3.05, 3.63) is 65.9 Å². The number of rotatable bonds is 5. The standard InChI is InChI=1S/C22H21N5O2S/c1-13-3-2-4-17(11-13)30(28,29)27-16-9-7-14(8-10-16)18-12-19(15-5-6-15)24-22-20(18)21(23)25-26-22/h2-4,7-12,15,27H,5-6H2,1H3,(H3,23,24,25,26). The molecule has 4 N–H and O–H groups in total. The second-order valence-electron chi connectivity index (χ2n) is 7.70. The normalized spacial score (nSPS) is 14.2. The van der Waals surface area contributed by atoms with Crippen molar-refractivity contribution >= 4 is 32.6 Å². The number of nitrogens with two attached hydrogens (primary N) is 1. The van der Waals surface area contributed by atoms with Gasteiger partial charge in [0.25, 0.3) is 10.0 Å². The fraction of sp³-hybridized carbons (Fsp3) is 0.182. The van der Waals surface area contributed by atoms with Crippen LogP contribution in [0, 0.1) is 6.92 Å². The largest absolute Gasteiger partial charge is 0.383 e. The van der Waals surface area contributed by atoms with Crippen LogP contribution in [0.4, 0.5) is 11.5 Å². The van der Waals surface area contributed by atoms with E-state index in [1.807, 2.05) is 25.1 Å². The lowest BCUT2D eigenvalue weighted by atomic mass is 10.0. The zero-order chi connectivity index (χ0) is 20.9. The number of benzene rings is 2. The number of hydrogen-bond acceptors (Lipinski definition) is 5. The third kappa shape index (κ3) is 3.39. The second kappa shape index (κ2) is 6.84. The molecular formula is C22H21N5O2S. The summed E-state index contributed by atoms with van der Waals surface area (Å²) in [5.41, 5.74) is 11.0. The summed E-state index contributed by atoms with van der Waals surface area (Å²) in [4.78, 5) is 4.88. The average Bonchev–Trinajstić information content (AvgIpc) is 3.51. The maximum absolute atomic E-state index is 12.7. The predicted molar refractivity (Wildman–Crippen MR) is 118 cm³/mol. The lowest BCUT2D eigenvalue weighted by Gasteiger charge is -2.11.